The van der Waals surface area contributed by atoms with E-state index in [1.54, 1.807) is 0 Å². The maximum Gasteiger partial charge on any atom is 0.0205 e. The number of hydrogen-bond donors (Lipinski definition) is 1. The molecule has 0 saturated carbocycles. The fourth-order valence-corrected chi connectivity index (χ4v) is 2.78. The molecule has 1 N–H and O–H groups in total. The second-order valence-corrected chi connectivity index (χ2v) is 9.30. The summed E-state index contributed by atoms with van der Waals surface area (Å²) in [6.45, 7) is 20.5. The monoisotopic (exact) mass is 317 g/mol. The van der Waals surface area contributed by atoms with Crippen LogP contribution in [-0.4, -0.2) is 6.54 Å². The Kier molecular flexibility index (Phi) is 7.32. The van der Waals surface area contributed by atoms with Gasteiger partial charge in [-0.15, -0.1) is 0 Å². The van der Waals surface area contributed by atoms with Gasteiger partial charge in [0.2, 0.25) is 0 Å². The highest BCUT2D eigenvalue weighted by atomic mass is 14.9. The first-order valence-corrected chi connectivity index (χ1v) is 9.39. The van der Waals surface area contributed by atoms with E-state index in [2.05, 4.69) is 78.9 Å². The Balaban J connectivity index is 2.81. The Labute approximate surface area is 145 Å². The summed E-state index contributed by atoms with van der Waals surface area (Å²) in [5.74, 6) is 0.767. The summed E-state index contributed by atoms with van der Waals surface area (Å²) in [6.07, 6.45) is 3.97. The second kappa shape index (κ2) is 8.33. The zero-order valence-electron chi connectivity index (χ0n) is 16.8. The molecule has 1 aromatic carbocycles. The maximum atomic E-state index is 3.67. The van der Waals surface area contributed by atoms with Crippen molar-refractivity contribution >= 4 is 0 Å². The molecule has 0 unspecified atom stereocenters. The molecule has 0 spiro atoms. The lowest BCUT2D eigenvalue weighted by Gasteiger charge is -2.26. The third-order valence-electron chi connectivity index (χ3n) is 4.60. The molecule has 1 nitrogen and oxygen atoms in total. The molecular weight excluding hydrogens is 278 g/mol. The lowest BCUT2D eigenvalue weighted by atomic mass is 9.79. The Morgan fingerprint density at radius 1 is 0.913 bits per heavy atom. The molecule has 0 amide bonds. The number of hydrogen-bond acceptors (Lipinski definition) is 1. The summed E-state index contributed by atoms with van der Waals surface area (Å²) in [5.41, 5.74) is 4.71. The third kappa shape index (κ3) is 7.08. The lowest BCUT2D eigenvalue weighted by Crippen LogP contribution is -2.22. The summed E-state index contributed by atoms with van der Waals surface area (Å²) in [4.78, 5) is 0. The summed E-state index contributed by atoms with van der Waals surface area (Å²) < 4.78 is 0. The van der Waals surface area contributed by atoms with E-state index in [4.69, 9.17) is 0 Å². The van der Waals surface area contributed by atoms with Crippen molar-refractivity contribution in [1.82, 2.24) is 5.32 Å². The van der Waals surface area contributed by atoms with E-state index in [-0.39, 0.29) is 10.8 Å². The predicted molar refractivity (Wildman–Crippen MR) is 104 cm³/mol. The number of rotatable bonds is 7. The van der Waals surface area contributed by atoms with Gasteiger partial charge in [0, 0.05) is 6.54 Å². The van der Waals surface area contributed by atoms with Crippen LogP contribution in [0.3, 0.4) is 0 Å². The molecule has 1 atom stereocenters. The Morgan fingerprint density at radius 2 is 1.43 bits per heavy atom. The van der Waals surface area contributed by atoms with Crippen LogP contribution in [0.25, 0.3) is 0 Å². The molecule has 1 rings (SSSR count). The van der Waals surface area contributed by atoms with Crippen LogP contribution in [0.15, 0.2) is 18.2 Å². The first-order chi connectivity index (χ1) is 10.5. The molecule has 0 radical (unpaired) electrons. The van der Waals surface area contributed by atoms with Gasteiger partial charge in [0.05, 0.1) is 0 Å². The molecule has 0 aliphatic carbocycles. The maximum absolute atomic E-state index is 3.67. The molecule has 132 valence electrons. The van der Waals surface area contributed by atoms with E-state index in [0.717, 1.165) is 19.0 Å². The van der Waals surface area contributed by atoms with Gasteiger partial charge in [0.1, 0.15) is 0 Å². The van der Waals surface area contributed by atoms with Crippen molar-refractivity contribution in [3.05, 3.63) is 34.9 Å². The molecule has 0 aliphatic heterocycles. The molecule has 1 heteroatoms. The van der Waals surface area contributed by atoms with Gasteiger partial charge in [-0.1, -0.05) is 86.4 Å². The highest BCUT2D eigenvalue weighted by Crippen LogP contribution is 2.30. The number of unbranched alkanes of at least 4 members (excludes halogenated alkanes) is 1. The van der Waals surface area contributed by atoms with Gasteiger partial charge in [-0.3, -0.25) is 0 Å². The van der Waals surface area contributed by atoms with E-state index in [1.165, 1.54) is 36.0 Å². The average molecular weight is 318 g/mol. The van der Waals surface area contributed by atoms with E-state index < -0.39 is 0 Å². The molecule has 0 aliphatic rings. The molecule has 1 aromatic rings. The largest absolute Gasteiger partial charge is 0.312 e. The Morgan fingerprint density at radius 3 is 1.87 bits per heavy atom. The van der Waals surface area contributed by atoms with E-state index >= 15 is 0 Å². The zero-order chi connectivity index (χ0) is 17.7. The molecule has 0 saturated heterocycles. The van der Waals surface area contributed by atoms with Crippen LogP contribution in [0.1, 0.15) is 91.3 Å². The van der Waals surface area contributed by atoms with Crippen LogP contribution in [0, 0.1) is 5.92 Å². The standard InChI is InChI=1S/C22H39N/c1-9-10-11-17(2)15-23-16-18-12-19(21(3,4)5)14-20(13-18)22(6,7)8/h12-14,17,23H,9-11,15-16H2,1-8H3/t17-/m0/s1. The van der Waals surface area contributed by atoms with Gasteiger partial charge in [0.25, 0.3) is 0 Å². The molecule has 0 aromatic heterocycles. The van der Waals surface area contributed by atoms with Gasteiger partial charge in [-0.2, -0.15) is 0 Å². The van der Waals surface area contributed by atoms with Crippen molar-refractivity contribution < 1.29 is 0 Å². The molecule has 23 heavy (non-hydrogen) atoms. The van der Waals surface area contributed by atoms with Gasteiger partial charge < -0.3 is 5.32 Å². The predicted octanol–water partition coefficient (Wildman–Crippen LogP) is 6.20. The Bertz CT molecular complexity index is 441. The number of benzene rings is 1. The number of nitrogens with one attached hydrogen (secondary N) is 1. The molecular formula is C22H39N. The van der Waals surface area contributed by atoms with E-state index in [9.17, 15) is 0 Å². The fourth-order valence-electron chi connectivity index (χ4n) is 2.78. The van der Waals surface area contributed by atoms with Crippen LogP contribution >= 0.6 is 0 Å². The van der Waals surface area contributed by atoms with Gasteiger partial charge in [-0.25, -0.2) is 0 Å². The van der Waals surface area contributed by atoms with E-state index in [1.807, 2.05) is 0 Å². The normalized spacial score (nSPS) is 14.1. The van der Waals surface area contributed by atoms with Crippen LogP contribution in [0.4, 0.5) is 0 Å². The highest BCUT2D eigenvalue weighted by Gasteiger charge is 2.20. The molecule has 0 fully saturated rings. The van der Waals surface area contributed by atoms with Crippen LogP contribution in [-0.2, 0) is 17.4 Å². The van der Waals surface area contributed by atoms with Crippen LogP contribution < -0.4 is 5.32 Å². The van der Waals surface area contributed by atoms with Crippen molar-refractivity contribution in [2.24, 2.45) is 5.92 Å². The van der Waals surface area contributed by atoms with Crippen molar-refractivity contribution in [3.8, 4) is 0 Å². The van der Waals surface area contributed by atoms with Crippen molar-refractivity contribution in [2.75, 3.05) is 6.54 Å². The van der Waals surface area contributed by atoms with Crippen LogP contribution in [0.5, 0.6) is 0 Å². The SMILES string of the molecule is CCCC[C@H](C)CNCc1cc(C(C)(C)C)cc(C(C)(C)C)c1. The summed E-state index contributed by atoms with van der Waals surface area (Å²) in [6, 6.07) is 7.17. The highest BCUT2D eigenvalue weighted by molar-refractivity contribution is 5.37. The van der Waals surface area contributed by atoms with Crippen molar-refractivity contribution in [3.63, 3.8) is 0 Å². The molecule has 0 heterocycles. The van der Waals surface area contributed by atoms with Crippen molar-refractivity contribution in [2.45, 2.75) is 92.0 Å². The summed E-state index contributed by atoms with van der Waals surface area (Å²) in [5, 5.41) is 3.67. The quantitative estimate of drug-likeness (QED) is 0.631. The van der Waals surface area contributed by atoms with Crippen molar-refractivity contribution in [1.29, 1.82) is 0 Å². The third-order valence-corrected chi connectivity index (χ3v) is 4.60. The average Bonchev–Trinajstić information content (AvgIpc) is 2.43. The fraction of sp³-hybridized carbons (Fsp3) is 0.727. The van der Waals surface area contributed by atoms with Crippen LogP contribution in [0.2, 0.25) is 0 Å². The Hall–Kier alpha value is -0.820. The minimum absolute atomic E-state index is 0.199. The lowest BCUT2D eigenvalue weighted by molar-refractivity contribution is 0.463. The summed E-state index contributed by atoms with van der Waals surface area (Å²) >= 11 is 0. The van der Waals surface area contributed by atoms with Gasteiger partial charge in [-0.05, 0) is 46.4 Å². The molecule has 0 bridgehead atoms. The minimum Gasteiger partial charge on any atom is -0.312 e. The first kappa shape index (κ1) is 20.2. The minimum atomic E-state index is 0.199. The van der Waals surface area contributed by atoms with Gasteiger partial charge >= 0.3 is 0 Å². The second-order valence-electron chi connectivity index (χ2n) is 9.30. The topological polar surface area (TPSA) is 12.0 Å². The van der Waals surface area contributed by atoms with Gasteiger partial charge in [0.15, 0.2) is 0 Å². The zero-order valence-corrected chi connectivity index (χ0v) is 16.8. The smallest absolute Gasteiger partial charge is 0.0205 e. The van der Waals surface area contributed by atoms with E-state index in [0.29, 0.717) is 0 Å². The summed E-state index contributed by atoms with van der Waals surface area (Å²) in [7, 11) is 0. The first-order valence-electron chi connectivity index (χ1n) is 9.39.